The molecule has 1 fully saturated rings. The van der Waals surface area contributed by atoms with Crippen LogP contribution in [-0.4, -0.2) is 30.3 Å². The number of rotatable bonds is 5. The lowest BCUT2D eigenvalue weighted by molar-refractivity contribution is -0.299. The quantitative estimate of drug-likeness (QED) is 0.835. The van der Waals surface area contributed by atoms with Crippen molar-refractivity contribution in [1.29, 1.82) is 0 Å². The number of carbonyl (C=O) groups excluding carboxylic acids is 1. The van der Waals surface area contributed by atoms with Crippen molar-refractivity contribution in [3.05, 3.63) is 0 Å². The molecule has 19 heavy (non-hydrogen) atoms. The molecule has 1 aliphatic heterocycles. The van der Waals surface area contributed by atoms with Gasteiger partial charge in [-0.1, -0.05) is 20.8 Å². The molecule has 0 amide bonds. The highest BCUT2D eigenvalue weighted by atomic mass is 16.7. The molecule has 1 rings (SSSR count). The van der Waals surface area contributed by atoms with Crippen molar-refractivity contribution in [2.75, 3.05) is 6.54 Å². The molecule has 0 spiro atoms. The molecule has 1 heterocycles. The lowest BCUT2D eigenvalue weighted by Crippen LogP contribution is -2.45. The molecule has 0 radical (unpaired) electrons. The monoisotopic (exact) mass is 271 g/mol. The third kappa shape index (κ3) is 6.50. The van der Waals surface area contributed by atoms with Gasteiger partial charge in [0.2, 0.25) is 0 Å². The van der Waals surface area contributed by atoms with Crippen molar-refractivity contribution in [1.82, 2.24) is 0 Å². The average molecular weight is 271 g/mol. The lowest BCUT2D eigenvalue weighted by atomic mass is 9.87. The van der Waals surface area contributed by atoms with Gasteiger partial charge >= 0.3 is 0 Å². The molecule has 2 atom stereocenters. The summed E-state index contributed by atoms with van der Waals surface area (Å²) in [5, 5.41) is 0. The van der Waals surface area contributed by atoms with Gasteiger partial charge in [-0.25, -0.2) is 0 Å². The third-order valence-corrected chi connectivity index (χ3v) is 3.10. The van der Waals surface area contributed by atoms with Crippen LogP contribution in [0, 0.1) is 5.41 Å². The fraction of sp³-hybridized carbons (Fsp3) is 0.933. The summed E-state index contributed by atoms with van der Waals surface area (Å²) in [4.78, 5) is 12.1. The summed E-state index contributed by atoms with van der Waals surface area (Å²) in [6, 6.07) is 0. The molecule has 4 nitrogen and oxygen atoms in total. The first-order valence-electron chi connectivity index (χ1n) is 7.19. The Labute approximate surface area is 117 Å². The Kier molecular flexibility index (Phi) is 5.53. The van der Waals surface area contributed by atoms with Crippen LogP contribution >= 0.6 is 0 Å². The summed E-state index contributed by atoms with van der Waals surface area (Å²) < 4.78 is 11.7. The topological polar surface area (TPSA) is 61.6 Å². The minimum absolute atomic E-state index is 0.0361. The first-order chi connectivity index (χ1) is 8.61. The van der Waals surface area contributed by atoms with E-state index in [1.54, 1.807) is 0 Å². The van der Waals surface area contributed by atoms with Crippen LogP contribution in [0.5, 0.6) is 0 Å². The van der Waals surface area contributed by atoms with Gasteiger partial charge in [-0.3, -0.25) is 4.79 Å². The molecular formula is C15H29NO3. The minimum Gasteiger partial charge on any atom is -0.347 e. The Morgan fingerprint density at radius 1 is 1.26 bits per heavy atom. The molecule has 0 aromatic heterocycles. The first-order valence-corrected chi connectivity index (χ1v) is 7.19. The maximum atomic E-state index is 12.1. The van der Waals surface area contributed by atoms with Crippen LogP contribution in [0.1, 0.15) is 60.3 Å². The van der Waals surface area contributed by atoms with Crippen molar-refractivity contribution in [3.8, 4) is 0 Å². The van der Waals surface area contributed by atoms with E-state index >= 15 is 0 Å². The van der Waals surface area contributed by atoms with E-state index in [2.05, 4.69) is 20.8 Å². The van der Waals surface area contributed by atoms with Crippen molar-refractivity contribution < 1.29 is 14.3 Å². The summed E-state index contributed by atoms with van der Waals surface area (Å²) >= 11 is 0. The van der Waals surface area contributed by atoms with Crippen molar-refractivity contribution in [2.45, 2.75) is 78.3 Å². The molecule has 0 aromatic rings. The van der Waals surface area contributed by atoms with E-state index in [9.17, 15) is 4.79 Å². The van der Waals surface area contributed by atoms with Crippen LogP contribution in [0.2, 0.25) is 0 Å². The standard InChI is InChI=1S/C15H29NO3/c1-14(2,3)10-11(17)8-13-9-12(6-7-16)18-15(4,5)19-13/h12-13H,6-10,16H2,1-5H3/t12-,13+/m1/s1. The summed E-state index contributed by atoms with van der Waals surface area (Å²) in [6.45, 7) is 10.6. The van der Waals surface area contributed by atoms with Crippen LogP contribution in [-0.2, 0) is 14.3 Å². The highest BCUT2D eigenvalue weighted by Gasteiger charge is 2.36. The van der Waals surface area contributed by atoms with Crippen LogP contribution in [0.25, 0.3) is 0 Å². The Balaban J connectivity index is 2.54. The fourth-order valence-electron chi connectivity index (χ4n) is 2.63. The van der Waals surface area contributed by atoms with Gasteiger partial charge in [0, 0.05) is 19.3 Å². The summed E-state index contributed by atoms with van der Waals surface area (Å²) in [7, 11) is 0. The van der Waals surface area contributed by atoms with Crippen LogP contribution in [0.3, 0.4) is 0 Å². The van der Waals surface area contributed by atoms with Gasteiger partial charge in [-0.15, -0.1) is 0 Å². The highest BCUT2D eigenvalue weighted by Crippen LogP contribution is 2.30. The van der Waals surface area contributed by atoms with Crippen molar-refractivity contribution >= 4 is 5.78 Å². The van der Waals surface area contributed by atoms with Crippen LogP contribution in [0.15, 0.2) is 0 Å². The molecule has 2 N–H and O–H groups in total. The molecule has 1 saturated heterocycles. The van der Waals surface area contributed by atoms with E-state index in [4.69, 9.17) is 15.2 Å². The van der Waals surface area contributed by atoms with Gasteiger partial charge in [0.1, 0.15) is 5.78 Å². The first kappa shape index (κ1) is 16.6. The van der Waals surface area contributed by atoms with Gasteiger partial charge < -0.3 is 15.2 Å². The van der Waals surface area contributed by atoms with Crippen molar-refractivity contribution in [3.63, 3.8) is 0 Å². The third-order valence-electron chi connectivity index (χ3n) is 3.10. The zero-order valence-corrected chi connectivity index (χ0v) is 13.0. The summed E-state index contributed by atoms with van der Waals surface area (Å²) in [6.07, 6.45) is 2.70. The largest absolute Gasteiger partial charge is 0.347 e. The van der Waals surface area contributed by atoms with Crippen molar-refractivity contribution in [2.24, 2.45) is 11.1 Å². The Morgan fingerprint density at radius 3 is 2.37 bits per heavy atom. The van der Waals surface area contributed by atoms with Crippen LogP contribution < -0.4 is 5.73 Å². The number of carbonyl (C=O) groups is 1. The van der Waals surface area contributed by atoms with Gasteiger partial charge in [0.15, 0.2) is 5.79 Å². The Hall–Kier alpha value is -0.450. The fourth-order valence-corrected chi connectivity index (χ4v) is 2.63. The second kappa shape index (κ2) is 6.33. The summed E-state index contributed by atoms with van der Waals surface area (Å²) in [5.74, 6) is -0.355. The molecule has 112 valence electrons. The maximum Gasteiger partial charge on any atom is 0.163 e. The van der Waals surface area contributed by atoms with Gasteiger partial charge in [-0.2, -0.15) is 0 Å². The van der Waals surface area contributed by atoms with E-state index in [0.29, 0.717) is 19.4 Å². The molecule has 0 aromatic carbocycles. The maximum absolute atomic E-state index is 12.1. The van der Waals surface area contributed by atoms with Gasteiger partial charge in [0.25, 0.3) is 0 Å². The number of nitrogens with two attached hydrogens (primary N) is 1. The van der Waals surface area contributed by atoms with Crippen LogP contribution in [0.4, 0.5) is 0 Å². The Bertz CT molecular complexity index is 307. The molecule has 4 heteroatoms. The molecule has 0 unspecified atom stereocenters. The second-order valence-corrected chi connectivity index (χ2v) is 7.17. The Morgan fingerprint density at radius 2 is 1.84 bits per heavy atom. The number of ketones is 1. The molecular weight excluding hydrogens is 242 g/mol. The van der Waals surface area contributed by atoms with E-state index < -0.39 is 5.79 Å². The lowest BCUT2D eigenvalue weighted by Gasteiger charge is -2.40. The average Bonchev–Trinajstić information content (AvgIpc) is 2.10. The van der Waals surface area contributed by atoms with E-state index in [-0.39, 0.29) is 23.4 Å². The number of ether oxygens (including phenoxy) is 2. The summed E-state index contributed by atoms with van der Waals surface area (Å²) in [5.41, 5.74) is 5.63. The predicted octanol–water partition coefficient (Wildman–Crippen LogP) is 2.64. The van der Waals surface area contributed by atoms with E-state index in [1.165, 1.54) is 0 Å². The van der Waals surface area contributed by atoms with E-state index in [0.717, 1.165) is 12.8 Å². The van der Waals surface area contributed by atoms with Gasteiger partial charge in [-0.05, 0) is 32.2 Å². The SMILES string of the molecule is CC(C)(C)CC(=O)C[C@H]1C[C@@H](CCN)OC(C)(C)O1. The highest BCUT2D eigenvalue weighted by molar-refractivity contribution is 5.79. The smallest absolute Gasteiger partial charge is 0.163 e. The predicted molar refractivity (Wildman–Crippen MR) is 75.8 cm³/mol. The molecule has 1 aliphatic rings. The zero-order chi connectivity index (χ0) is 14.7. The molecule has 0 aliphatic carbocycles. The molecule has 0 bridgehead atoms. The number of hydrogen-bond donors (Lipinski definition) is 1. The normalized spacial score (nSPS) is 27.3. The van der Waals surface area contributed by atoms with Gasteiger partial charge in [0.05, 0.1) is 12.2 Å². The number of hydrogen-bond acceptors (Lipinski definition) is 4. The second-order valence-electron chi connectivity index (χ2n) is 7.17. The minimum atomic E-state index is -0.620. The number of Topliss-reactive ketones (excluding diaryl/α,β-unsaturated/α-hetero) is 1. The zero-order valence-electron chi connectivity index (χ0n) is 13.0. The molecule has 0 saturated carbocycles. The van der Waals surface area contributed by atoms with E-state index in [1.807, 2.05) is 13.8 Å².